The van der Waals surface area contributed by atoms with Crippen LogP contribution in [0.15, 0.2) is 48.5 Å². The number of rotatable bonds is 7. The summed E-state index contributed by atoms with van der Waals surface area (Å²) in [6.07, 6.45) is 0. The van der Waals surface area contributed by atoms with Crippen molar-refractivity contribution < 1.29 is 14.5 Å². The Kier molecular flexibility index (Phi) is 6.57. The first kappa shape index (κ1) is 19.8. The number of anilines is 1. The molecule has 0 saturated carbocycles. The van der Waals surface area contributed by atoms with Crippen molar-refractivity contribution in [2.75, 3.05) is 45.2 Å². The van der Waals surface area contributed by atoms with Gasteiger partial charge in [-0.3, -0.25) is 24.7 Å². The van der Waals surface area contributed by atoms with Crippen molar-refractivity contribution in [3.63, 3.8) is 0 Å². The number of nitro groups is 1. The van der Waals surface area contributed by atoms with E-state index in [0.717, 1.165) is 32.7 Å². The fraction of sp³-hybridized carbons (Fsp3) is 0.350. The molecule has 148 valence electrons. The Morgan fingerprint density at radius 1 is 1.11 bits per heavy atom. The van der Waals surface area contributed by atoms with Crippen LogP contribution in [-0.4, -0.2) is 60.5 Å². The second-order valence-electron chi connectivity index (χ2n) is 6.73. The molecular weight excluding hydrogens is 360 g/mol. The molecular formula is C20H24N4O4. The number of methoxy groups -OCH3 is 1. The second-order valence-corrected chi connectivity index (χ2v) is 6.73. The topological polar surface area (TPSA) is 88.0 Å². The molecule has 0 spiro atoms. The highest BCUT2D eigenvalue weighted by atomic mass is 16.6. The number of benzene rings is 2. The number of ether oxygens (including phenoxy) is 1. The molecule has 8 nitrogen and oxygen atoms in total. The molecule has 1 amide bonds. The van der Waals surface area contributed by atoms with Gasteiger partial charge in [0.2, 0.25) is 5.91 Å². The predicted molar refractivity (Wildman–Crippen MR) is 106 cm³/mol. The van der Waals surface area contributed by atoms with Gasteiger partial charge < -0.3 is 10.1 Å². The third kappa shape index (κ3) is 5.28. The van der Waals surface area contributed by atoms with Crippen LogP contribution in [0.3, 0.4) is 0 Å². The molecule has 1 N–H and O–H groups in total. The number of piperazine rings is 1. The van der Waals surface area contributed by atoms with E-state index in [1.807, 2.05) is 18.2 Å². The Morgan fingerprint density at radius 2 is 1.79 bits per heavy atom. The van der Waals surface area contributed by atoms with E-state index < -0.39 is 4.92 Å². The minimum absolute atomic E-state index is 0.179. The van der Waals surface area contributed by atoms with E-state index in [9.17, 15) is 14.9 Å². The fourth-order valence-corrected chi connectivity index (χ4v) is 3.24. The highest BCUT2D eigenvalue weighted by Gasteiger charge is 2.21. The highest BCUT2D eigenvalue weighted by Crippen LogP contribution is 2.28. The van der Waals surface area contributed by atoms with E-state index in [1.54, 1.807) is 6.07 Å². The Morgan fingerprint density at radius 3 is 2.43 bits per heavy atom. The quantitative estimate of drug-likeness (QED) is 0.582. The molecule has 0 unspecified atom stereocenters. The minimum atomic E-state index is -0.527. The molecule has 3 rings (SSSR count). The molecule has 1 aliphatic heterocycles. The molecule has 2 aromatic rings. The lowest BCUT2D eigenvalue weighted by Gasteiger charge is -2.34. The zero-order valence-corrected chi connectivity index (χ0v) is 15.8. The van der Waals surface area contributed by atoms with E-state index in [0.29, 0.717) is 5.75 Å². The second kappa shape index (κ2) is 9.29. The zero-order valence-electron chi connectivity index (χ0n) is 15.8. The lowest BCUT2D eigenvalue weighted by molar-refractivity contribution is -0.384. The van der Waals surface area contributed by atoms with E-state index >= 15 is 0 Å². The Balaban J connectivity index is 1.50. The van der Waals surface area contributed by atoms with Crippen molar-refractivity contribution in [1.29, 1.82) is 0 Å². The smallest absolute Gasteiger partial charge is 0.296 e. The van der Waals surface area contributed by atoms with Gasteiger partial charge in [0.1, 0.15) is 11.4 Å². The average molecular weight is 384 g/mol. The lowest BCUT2D eigenvalue weighted by Crippen LogP contribution is -2.48. The standard InChI is InChI=1S/C20H24N4O4/c1-28-17-7-8-18(19(13-17)24(26)27)21-20(25)15-23-11-9-22(10-12-23)14-16-5-3-2-4-6-16/h2-8,13H,9-12,14-15H2,1H3,(H,21,25). The van der Waals surface area contributed by atoms with Crippen molar-refractivity contribution in [3.8, 4) is 5.75 Å². The van der Waals surface area contributed by atoms with Gasteiger partial charge in [0.25, 0.3) is 5.69 Å². The van der Waals surface area contributed by atoms with Crippen molar-refractivity contribution in [3.05, 3.63) is 64.2 Å². The van der Waals surface area contributed by atoms with Gasteiger partial charge >= 0.3 is 0 Å². The Bertz CT molecular complexity index is 820. The van der Waals surface area contributed by atoms with Crippen molar-refractivity contribution >= 4 is 17.3 Å². The van der Waals surface area contributed by atoms with Gasteiger partial charge in [-0.1, -0.05) is 30.3 Å². The summed E-state index contributed by atoms with van der Waals surface area (Å²) in [5.41, 5.74) is 1.28. The number of hydrogen-bond donors (Lipinski definition) is 1. The van der Waals surface area contributed by atoms with Gasteiger partial charge in [-0.05, 0) is 17.7 Å². The van der Waals surface area contributed by atoms with Gasteiger partial charge in [0.15, 0.2) is 0 Å². The van der Waals surface area contributed by atoms with Gasteiger partial charge in [-0.2, -0.15) is 0 Å². The first-order valence-corrected chi connectivity index (χ1v) is 9.16. The van der Waals surface area contributed by atoms with Crippen LogP contribution in [0, 0.1) is 10.1 Å². The molecule has 28 heavy (non-hydrogen) atoms. The summed E-state index contributed by atoms with van der Waals surface area (Å²) in [6.45, 7) is 4.44. The maximum Gasteiger partial charge on any atom is 0.296 e. The maximum atomic E-state index is 12.4. The molecule has 0 bridgehead atoms. The summed E-state index contributed by atoms with van der Waals surface area (Å²) < 4.78 is 5.01. The normalized spacial score (nSPS) is 15.2. The minimum Gasteiger partial charge on any atom is -0.496 e. The van der Waals surface area contributed by atoms with E-state index in [4.69, 9.17) is 4.74 Å². The largest absolute Gasteiger partial charge is 0.496 e. The summed E-state index contributed by atoms with van der Waals surface area (Å²) >= 11 is 0. The number of amides is 1. The van der Waals surface area contributed by atoms with Crippen LogP contribution < -0.4 is 10.1 Å². The average Bonchev–Trinajstić information content (AvgIpc) is 2.70. The van der Waals surface area contributed by atoms with E-state index in [-0.39, 0.29) is 23.8 Å². The summed E-state index contributed by atoms with van der Waals surface area (Å²) in [5.74, 6) is 0.115. The third-order valence-electron chi connectivity index (χ3n) is 4.76. The number of carbonyl (C=O) groups is 1. The van der Waals surface area contributed by atoms with E-state index in [2.05, 4.69) is 27.2 Å². The van der Waals surface area contributed by atoms with Gasteiger partial charge in [-0.15, -0.1) is 0 Å². The summed E-state index contributed by atoms with van der Waals surface area (Å²) in [6, 6.07) is 14.7. The van der Waals surface area contributed by atoms with Crippen LogP contribution in [0.4, 0.5) is 11.4 Å². The Labute approximate surface area is 163 Å². The molecule has 1 aliphatic rings. The van der Waals surface area contributed by atoms with Crippen LogP contribution in [-0.2, 0) is 11.3 Å². The van der Waals surface area contributed by atoms with Crippen LogP contribution in [0.25, 0.3) is 0 Å². The summed E-state index contributed by atoms with van der Waals surface area (Å²) in [5, 5.41) is 13.9. The molecule has 0 atom stereocenters. The SMILES string of the molecule is COc1ccc(NC(=O)CN2CCN(Cc3ccccc3)CC2)c([N+](=O)[O-])c1. The summed E-state index contributed by atoms with van der Waals surface area (Å²) in [7, 11) is 1.44. The molecule has 2 aromatic carbocycles. The van der Waals surface area contributed by atoms with Crippen molar-refractivity contribution in [2.45, 2.75) is 6.54 Å². The zero-order chi connectivity index (χ0) is 19.9. The first-order chi connectivity index (χ1) is 13.5. The van der Waals surface area contributed by atoms with Crippen LogP contribution >= 0.6 is 0 Å². The monoisotopic (exact) mass is 384 g/mol. The van der Waals surface area contributed by atoms with Crippen LogP contribution in [0.2, 0.25) is 0 Å². The maximum absolute atomic E-state index is 12.4. The molecule has 1 saturated heterocycles. The number of hydrogen-bond acceptors (Lipinski definition) is 6. The number of nitrogens with one attached hydrogen (secondary N) is 1. The van der Waals surface area contributed by atoms with Gasteiger partial charge in [0.05, 0.1) is 24.6 Å². The third-order valence-corrected chi connectivity index (χ3v) is 4.76. The number of nitro benzene ring substituents is 1. The highest BCUT2D eigenvalue weighted by molar-refractivity contribution is 5.94. The fourth-order valence-electron chi connectivity index (χ4n) is 3.24. The molecule has 0 aromatic heterocycles. The predicted octanol–water partition coefficient (Wildman–Crippen LogP) is 2.36. The lowest BCUT2D eigenvalue weighted by atomic mass is 10.2. The van der Waals surface area contributed by atoms with E-state index in [1.165, 1.54) is 24.8 Å². The molecule has 0 aliphatic carbocycles. The molecule has 1 heterocycles. The van der Waals surface area contributed by atoms with Crippen molar-refractivity contribution in [1.82, 2.24) is 9.80 Å². The number of nitrogens with zero attached hydrogens (tertiary/aromatic N) is 3. The molecule has 1 fully saturated rings. The Hall–Kier alpha value is -2.97. The van der Waals surface area contributed by atoms with Gasteiger partial charge in [-0.25, -0.2) is 0 Å². The van der Waals surface area contributed by atoms with Crippen molar-refractivity contribution in [2.24, 2.45) is 0 Å². The van der Waals surface area contributed by atoms with Crippen LogP contribution in [0.5, 0.6) is 5.75 Å². The van der Waals surface area contributed by atoms with Crippen LogP contribution in [0.1, 0.15) is 5.56 Å². The summed E-state index contributed by atoms with van der Waals surface area (Å²) in [4.78, 5) is 27.5. The molecule has 8 heteroatoms. The first-order valence-electron chi connectivity index (χ1n) is 9.16. The number of carbonyl (C=O) groups excluding carboxylic acids is 1. The van der Waals surface area contributed by atoms with Gasteiger partial charge in [0, 0.05) is 32.7 Å². The molecule has 0 radical (unpaired) electrons.